The van der Waals surface area contributed by atoms with Crippen molar-refractivity contribution in [1.82, 2.24) is 0 Å². The lowest BCUT2D eigenvalue weighted by atomic mass is 10.2. The second kappa shape index (κ2) is 5.97. The first-order valence-corrected chi connectivity index (χ1v) is 6.13. The van der Waals surface area contributed by atoms with Crippen molar-refractivity contribution in [1.29, 1.82) is 0 Å². The topological polar surface area (TPSA) is 81.8 Å². The predicted molar refractivity (Wildman–Crippen MR) is 75.5 cm³/mol. The summed E-state index contributed by atoms with van der Waals surface area (Å²) in [5.74, 6) is 0.654. The highest BCUT2D eigenvalue weighted by atomic mass is 16.5. The minimum Gasteiger partial charge on any atom is -0.494 e. The number of hydrogen-bond acceptors (Lipinski definition) is 4. The Morgan fingerprint density at radius 3 is 2.60 bits per heavy atom. The van der Waals surface area contributed by atoms with Gasteiger partial charge in [-0.2, -0.15) is 0 Å². The van der Waals surface area contributed by atoms with Crippen molar-refractivity contribution in [2.45, 2.75) is 6.92 Å². The number of rotatable bonds is 5. The van der Waals surface area contributed by atoms with Crippen LogP contribution in [0.25, 0.3) is 0 Å². The van der Waals surface area contributed by atoms with Crippen LogP contribution in [0.3, 0.4) is 0 Å². The Kier molecular flexibility index (Phi) is 4.10. The molecule has 0 saturated carbocycles. The van der Waals surface area contributed by atoms with Gasteiger partial charge in [-0.3, -0.25) is 0 Å². The lowest BCUT2D eigenvalue weighted by molar-refractivity contribution is 0.0697. The van der Waals surface area contributed by atoms with Gasteiger partial charge >= 0.3 is 5.97 Å². The maximum atomic E-state index is 10.8. The molecule has 0 saturated heterocycles. The summed E-state index contributed by atoms with van der Waals surface area (Å²) in [6.07, 6.45) is 0. The van der Waals surface area contributed by atoms with Crippen LogP contribution in [0.15, 0.2) is 42.5 Å². The summed E-state index contributed by atoms with van der Waals surface area (Å²) in [5.41, 5.74) is 6.18. The van der Waals surface area contributed by atoms with E-state index < -0.39 is 5.97 Å². The Balaban J connectivity index is 2.21. The number of nitrogens with two attached hydrogens (primary N) is 1. The lowest BCUT2D eigenvalue weighted by Crippen LogP contribution is -1.99. The molecule has 0 aromatic heterocycles. The summed E-state index contributed by atoms with van der Waals surface area (Å²) in [4.78, 5) is 10.8. The molecular formula is C15H15NO4. The first-order chi connectivity index (χ1) is 9.60. The fourth-order valence-corrected chi connectivity index (χ4v) is 1.70. The minimum atomic E-state index is -1.03. The van der Waals surface area contributed by atoms with Crippen molar-refractivity contribution >= 4 is 11.7 Å². The number of carboxylic acids is 1. The Bertz CT molecular complexity index is 625. The Morgan fingerprint density at radius 2 is 1.95 bits per heavy atom. The number of carboxylic acid groups (broad SMARTS) is 1. The first kappa shape index (κ1) is 13.7. The number of benzene rings is 2. The van der Waals surface area contributed by atoms with E-state index in [9.17, 15) is 4.79 Å². The van der Waals surface area contributed by atoms with Gasteiger partial charge in [0.1, 0.15) is 17.2 Å². The molecule has 2 aromatic carbocycles. The second-order valence-electron chi connectivity index (χ2n) is 4.07. The third-order valence-electron chi connectivity index (χ3n) is 2.60. The first-order valence-electron chi connectivity index (χ1n) is 6.13. The Morgan fingerprint density at radius 1 is 1.20 bits per heavy atom. The molecule has 5 nitrogen and oxygen atoms in total. The molecule has 20 heavy (non-hydrogen) atoms. The van der Waals surface area contributed by atoms with Crippen molar-refractivity contribution in [3.8, 4) is 17.2 Å². The predicted octanol–water partition coefficient (Wildman–Crippen LogP) is 3.16. The molecule has 0 amide bonds. The van der Waals surface area contributed by atoms with Crippen molar-refractivity contribution < 1.29 is 19.4 Å². The van der Waals surface area contributed by atoms with Gasteiger partial charge in [-0.1, -0.05) is 6.07 Å². The van der Waals surface area contributed by atoms with E-state index in [4.69, 9.17) is 20.3 Å². The Hall–Kier alpha value is -2.69. The van der Waals surface area contributed by atoms with Gasteiger partial charge in [0.05, 0.1) is 17.9 Å². The highest BCUT2D eigenvalue weighted by Crippen LogP contribution is 2.30. The highest BCUT2D eigenvalue weighted by molar-refractivity contribution is 5.89. The van der Waals surface area contributed by atoms with Gasteiger partial charge < -0.3 is 20.3 Å². The molecular weight excluding hydrogens is 258 g/mol. The molecule has 0 aliphatic heterocycles. The van der Waals surface area contributed by atoms with Crippen LogP contribution >= 0.6 is 0 Å². The third kappa shape index (κ3) is 3.20. The van der Waals surface area contributed by atoms with E-state index in [-0.39, 0.29) is 11.3 Å². The van der Waals surface area contributed by atoms with Gasteiger partial charge in [-0.25, -0.2) is 4.79 Å². The zero-order valence-electron chi connectivity index (χ0n) is 11.0. The number of aromatic carboxylic acids is 1. The molecule has 3 N–H and O–H groups in total. The number of nitrogen functional groups attached to an aromatic ring is 1. The van der Waals surface area contributed by atoms with Crippen LogP contribution in [0.4, 0.5) is 5.69 Å². The molecule has 2 aromatic rings. The van der Waals surface area contributed by atoms with Crippen molar-refractivity contribution in [2.75, 3.05) is 12.3 Å². The largest absolute Gasteiger partial charge is 0.494 e. The van der Waals surface area contributed by atoms with E-state index in [1.54, 1.807) is 12.1 Å². The molecule has 0 aliphatic carbocycles. The van der Waals surface area contributed by atoms with E-state index in [2.05, 4.69) is 0 Å². The molecule has 0 unspecified atom stereocenters. The van der Waals surface area contributed by atoms with Crippen LogP contribution in [-0.4, -0.2) is 17.7 Å². The zero-order valence-corrected chi connectivity index (χ0v) is 11.0. The molecule has 104 valence electrons. The van der Waals surface area contributed by atoms with Crippen LogP contribution in [0.2, 0.25) is 0 Å². The average Bonchev–Trinajstić information content (AvgIpc) is 2.42. The SMILES string of the molecule is CCOc1cccc(Oc2ccc(C(=O)O)cc2N)c1. The summed E-state index contributed by atoms with van der Waals surface area (Å²) in [6, 6.07) is 11.5. The number of carbonyl (C=O) groups is 1. The van der Waals surface area contributed by atoms with Crippen LogP contribution in [0, 0.1) is 0 Å². The molecule has 0 spiro atoms. The second-order valence-corrected chi connectivity index (χ2v) is 4.07. The van der Waals surface area contributed by atoms with Crippen molar-refractivity contribution in [2.24, 2.45) is 0 Å². The summed E-state index contributed by atoms with van der Waals surface area (Å²) >= 11 is 0. The molecule has 0 aliphatic rings. The van der Waals surface area contributed by atoms with Crippen LogP contribution < -0.4 is 15.2 Å². The smallest absolute Gasteiger partial charge is 0.335 e. The molecule has 0 radical (unpaired) electrons. The van der Waals surface area contributed by atoms with Gasteiger partial charge in [0.25, 0.3) is 0 Å². The highest BCUT2D eigenvalue weighted by Gasteiger charge is 2.08. The summed E-state index contributed by atoms with van der Waals surface area (Å²) in [7, 11) is 0. The molecule has 5 heteroatoms. The molecule has 0 heterocycles. The zero-order chi connectivity index (χ0) is 14.5. The van der Waals surface area contributed by atoms with Gasteiger partial charge in [-0.05, 0) is 37.3 Å². The molecule has 2 rings (SSSR count). The fraction of sp³-hybridized carbons (Fsp3) is 0.133. The van der Waals surface area contributed by atoms with Crippen molar-refractivity contribution in [3.05, 3.63) is 48.0 Å². The van der Waals surface area contributed by atoms with Crippen LogP contribution in [0.1, 0.15) is 17.3 Å². The van der Waals surface area contributed by atoms with Crippen LogP contribution in [0.5, 0.6) is 17.2 Å². The average molecular weight is 273 g/mol. The normalized spacial score (nSPS) is 10.1. The van der Waals surface area contributed by atoms with E-state index in [1.165, 1.54) is 18.2 Å². The van der Waals surface area contributed by atoms with Crippen LogP contribution in [-0.2, 0) is 0 Å². The number of ether oxygens (including phenoxy) is 2. The molecule has 0 bridgehead atoms. The summed E-state index contributed by atoms with van der Waals surface area (Å²) < 4.78 is 11.0. The standard InChI is InChI=1S/C15H15NO4/c1-2-19-11-4-3-5-12(9-11)20-14-7-6-10(15(17)18)8-13(14)16/h3-9H,2,16H2,1H3,(H,17,18). The summed E-state index contributed by atoms with van der Waals surface area (Å²) in [6.45, 7) is 2.47. The minimum absolute atomic E-state index is 0.123. The van der Waals surface area contributed by atoms with Gasteiger partial charge in [0, 0.05) is 6.07 Å². The van der Waals surface area contributed by atoms with Gasteiger partial charge in [-0.15, -0.1) is 0 Å². The molecule has 0 atom stereocenters. The monoisotopic (exact) mass is 273 g/mol. The maximum absolute atomic E-state index is 10.8. The van der Waals surface area contributed by atoms with Gasteiger partial charge in [0.15, 0.2) is 0 Å². The van der Waals surface area contributed by atoms with E-state index in [1.807, 2.05) is 19.1 Å². The fourth-order valence-electron chi connectivity index (χ4n) is 1.70. The lowest BCUT2D eigenvalue weighted by Gasteiger charge is -2.10. The molecule has 0 fully saturated rings. The number of anilines is 1. The maximum Gasteiger partial charge on any atom is 0.335 e. The summed E-state index contributed by atoms with van der Waals surface area (Å²) in [5, 5.41) is 8.87. The van der Waals surface area contributed by atoms with E-state index in [0.717, 1.165) is 0 Å². The number of hydrogen-bond donors (Lipinski definition) is 2. The Labute approximate surface area is 116 Å². The van der Waals surface area contributed by atoms with E-state index >= 15 is 0 Å². The third-order valence-corrected chi connectivity index (χ3v) is 2.60. The van der Waals surface area contributed by atoms with E-state index in [0.29, 0.717) is 23.9 Å². The quantitative estimate of drug-likeness (QED) is 0.818. The van der Waals surface area contributed by atoms with Gasteiger partial charge in [0.2, 0.25) is 0 Å². The van der Waals surface area contributed by atoms with Crippen molar-refractivity contribution in [3.63, 3.8) is 0 Å².